The lowest BCUT2D eigenvalue weighted by atomic mass is 10.2. The van der Waals surface area contributed by atoms with Crippen LogP contribution in [0.1, 0.15) is 15.9 Å². The largest absolute Gasteiger partial charge is 0.322 e. The summed E-state index contributed by atoms with van der Waals surface area (Å²) in [5.74, 6) is -0.200. The number of nitrogens with zero attached hydrogens (tertiary/aromatic N) is 3. The SMILES string of the molecule is Cc1ccc(Br)cc1NC(=O)c1cnn2ccncc12. The van der Waals surface area contributed by atoms with Crippen LogP contribution in [0.25, 0.3) is 5.52 Å². The molecule has 3 rings (SSSR count). The minimum absolute atomic E-state index is 0.200. The third kappa shape index (κ3) is 2.30. The Bertz CT molecular complexity index is 797. The van der Waals surface area contributed by atoms with Crippen LogP contribution in [0, 0.1) is 6.92 Å². The van der Waals surface area contributed by atoms with Crippen molar-refractivity contribution in [2.75, 3.05) is 5.32 Å². The van der Waals surface area contributed by atoms with E-state index in [2.05, 4.69) is 31.3 Å². The second-order valence-electron chi connectivity index (χ2n) is 4.38. The molecule has 0 unspecified atom stereocenters. The number of anilines is 1. The van der Waals surface area contributed by atoms with E-state index in [9.17, 15) is 4.79 Å². The van der Waals surface area contributed by atoms with Gasteiger partial charge in [0.15, 0.2) is 0 Å². The highest BCUT2D eigenvalue weighted by Gasteiger charge is 2.13. The normalized spacial score (nSPS) is 10.7. The molecule has 0 aliphatic carbocycles. The molecule has 0 saturated carbocycles. The first kappa shape index (κ1) is 12.8. The van der Waals surface area contributed by atoms with Gasteiger partial charge in [0, 0.05) is 22.6 Å². The van der Waals surface area contributed by atoms with Gasteiger partial charge < -0.3 is 5.32 Å². The Morgan fingerprint density at radius 2 is 2.20 bits per heavy atom. The highest BCUT2D eigenvalue weighted by Crippen LogP contribution is 2.21. The number of aryl methyl sites for hydroxylation is 1. The van der Waals surface area contributed by atoms with Crippen LogP contribution in [0.15, 0.2) is 47.5 Å². The number of hydrogen-bond donors (Lipinski definition) is 1. The van der Waals surface area contributed by atoms with Crippen LogP contribution in [0.2, 0.25) is 0 Å². The van der Waals surface area contributed by atoms with E-state index in [1.807, 2.05) is 25.1 Å². The lowest BCUT2D eigenvalue weighted by molar-refractivity contribution is 0.102. The Labute approximate surface area is 123 Å². The molecule has 2 aromatic heterocycles. The Hall–Kier alpha value is -2.21. The van der Waals surface area contributed by atoms with E-state index in [-0.39, 0.29) is 5.91 Å². The maximum Gasteiger partial charge on any atom is 0.259 e. The van der Waals surface area contributed by atoms with E-state index < -0.39 is 0 Å². The summed E-state index contributed by atoms with van der Waals surface area (Å²) in [6, 6.07) is 5.75. The Morgan fingerprint density at radius 3 is 3.05 bits per heavy atom. The van der Waals surface area contributed by atoms with Crippen molar-refractivity contribution < 1.29 is 4.79 Å². The van der Waals surface area contributed by atoms with E-state index >= 15 is 0 Å². The molecule has 1 amide bonds. The maximum absolute atomic E-state index is 12.3. The van der Waals surface area contributed by atoms with Gasteiger partial charge >= 0.3 is 0 Å². The third-order valence-electron chi connectivity index (χ3n) is 3.02. The number of amides is 1. The average molecular weight is 331 g/mol. The van der Waals surface area contributed by atoms with Crippen LogP contribution < -0.4 is 5.32 Å². The number of carbonyl (C=O) groups is 1. The summed E-state index contributed by atoms with van der Waals surface area (Å²) in [6.45, 7) is 1.94. The molecule has 0 aliphatic heterocycles. The minimum Gasteiger partial charge on any atom is -0.322 e. The Kier molecular flexibility index (Phi) is 3.23. The first-order chi connectivity index (χ1) is 9.65. The number of benzene rings is 1. The predicted octanol–water partition coefficient (Wildman–Crippen LogP) is 3.05. The summed E-state index contributed by atoms with van der Waals surface area (Å²) < 4.78 is 2.54. The van der Waals surface area contributed by atoms with Crippen LogP contribution in [-0.4, -0.2) is 20.5 Å². The smallest absolute Gasteiger partial charge is 0.259 e. The molecule has 1 aromatic carbocycles. The quantitative estimate of drug-likeness (QED) is 0.785. The average Bonchev–Trinajstić information content (AvgIpc) is 2.87. The molecule has 0 atom stereocenters. The van der Waals surface area contributed by atoms with Gasteiger partial charge in [-0.05, 0) is 24.6 Å². The van der Waals surface area contributed by atoms with Gasteiger partial charge in [0.2, 0.25) is 0 Å². The molecule has 3 aromatic rings. The third-order valence-corrected chi connectivity index (χ3v) is 3.51. The molecule has 0 saturated heterocycles. The highest BCUT2D eigenvalue weighted by atomic mass is 79.9. The topological polar surface area (TPSA) is 59.3 Å². The Morgan fingerprint density at radius 1 is 1.35 bits per heavy atom. The zero-order valence-electron chi connectivity index (χ0n) is 10.7. The number of carbonyl (C=O) groups excluding carboxylic acids is 1. The minimum atomic E-state index is -0.200. The maximum atomic E-state index is 12.3. The van der Waals surface area contributed by atoms with Crippen molar-refractivity contribution in [1.82, 2.24) is 14.6 Å². The van der Waals surface area contributed by atoms with Crippen molar-refractivity contribution in [1.29, 1.82) is 0 Å². The predicted molar refractivity (Wildman–Crippen MR) is 79.8 cm³/mol. The van der Waals surface area contributed by atoms with Gasteiger partial charge in [-0.25, -0.2) is 4.52 Å². The number of halogens is 1. The van der Waals surface area contributed by atoms with Gasteiger partial charge in [0.1, 0.15) is 0 Å². The molecular weight excluding hydrogens is 320 g/mol. The van der Waals surface area contributed by atoms with Gasteiger partial charge in [-0.2, -0.15) is 5.10 Å². The number of nitrogens with one attached hydrogen (secondary N) is 1. The first-order valence-electron chi connectivity index (χ1n) is 6.00. The second-order valence-corrected chi connectivity index (χ2v) is 5.29. The van der Waals surface area contributed by atoms with Crippen LogP contribution >= 0.6 is 15.9 Å². The van der Waals surface area contributed by atoms with Crippen LogP contribution in [-0.2, 0) is 0 Å². The summed E-state index contributed by atoms with van der Waals surface area (Å²) in [5, 5.41) is 7.02. The van der Waals surface area contributed by atoms with Crippen LogP contribution in [0.5, 0.6) is 0 Å². The fraction of sp³-hybridized carbons (Fsp3) is 0.0714. The Balaban J connectivity index is 1.95. The fourth-order valence-electron chi connectivity index (χ4n) is 1.93. The summed E-state index contributed by atoms with van der Waals surface area (Å²) in [5.41, 5.74) is 2.94. The molecule has 20 heavy (non-hydrogen) atoms. The van der Waals surface area contributed by atoms with Gasteiger partial charge in [0.25, 0.3) is 5.91 Å². The van der Waals surface area contributed by atoms with E-state index in [0.29, 0.717) is 11.1 Å². The summed E-state index contributed by atoms with van der Waals surface area (Å²) in [4.78, 5) is 16.4. The molecule has 0 fully saturated rings. The van der Waals surface area contributed by atoms with E-state index in [4.69, 9.17) is 0 Å². The molecule has 0 radical (unpaired) electrons. The van der Waals surface area contributed by atoms with Crippen molar-refractivity contribution in [3.8, 4) is 0 Å². The lowest BCUT2D eigenvalue weighted by Crippen LogP contribution is -2.12. The second kappa shape index (κ2) is 5.05. The number of rotatable bonds is 2. The monoisotopic (exact) mass is 330 g/mol. The van der Waals surface area contributed by atoms with Crippen molar-refractivity contribution in [3.05, 3.63) is 58.6 Å². The molecule has 0 aliphatic rings. The summed E-state index contributed by atoms with van der Waals surface area (Å²) in [7, 11) is 0. The van der Waals surface area contributed by atoms with Gasteiger partial charge in [-0.15, -0.1) is 0 Å². The molecule has 0 bridgehead atoms. The first-order valence-corrected chi connectivity index (χ1v) is 6.79. The zero-order valence-corrected chi connectivity index (χ0v) is 12.3. The molecule has 1 N–H and O–H groups in total. The molecule has 100 valence electrons. The molecule has 2 heterocycles. The van der Waals surface area contributed by atoms with E-state index in [1.54, 1.807) is 29.3 Å². The number of aromatic nitrogens is 3. The van der Waals surface area contributed by atoms with Gasteiger partial charge in [-0.1, -0.05) is 22.0 Å². The number of fused-ring (bicyclic) bond motifs is 1. The van der Waals surface area contributed by atoms with Gasteiger partial charge in [-0.3, -0.25) is 9.78 Å². The van der Waals surface area contributed by atoms with Crippen LogP contribution in [0.3, 0.4) is 0 Å². The molecule has 6 heteroatoms. The van der Waals surface area contributed by atoms with Crippen molar-refractivity contribution in [3.63, 3.8) is 0 Å². The standard InChI is InChI=1S/C14H11BrN4O/c1-9-2-3-10(15)6-12(9)18-14(20)11-7-17-19-5-4-16-8-13(11)19/h2-8H,1H3,(H,18,20). The van der Waals surface area contributed by atoms with Crippen LogP contribution in [0.4, 0.5) is 5.69 Å². The lowest BCUT2D eigenvalue weighted by Gasteiger charge is -2.08. The van der Waals surface area contributed by atoms with Crippen molar-refractivity contribution in [2.45, 2.75) is 6.92 Å². The van der Waals surface area contributed by atoms with E-state index in [1.165, 1.54) is 0 Å². The zero-order chi connectivity index (χ0) is 14.1. The van der Waals surface area contributed by atoms with Crippen molar-refractivity contribution in [2.24, 2.45) is 0 Å². The summed E-state index contributed by atoms with van der Waals surface area (Å²) >= 11 is 3.40. The molecule has 0 spiro atoms. The number of hydrogen-bond acceptors (Lipinski definition) is 3. The molecule has 5 nitrogen and oxygen atoms in total. The summed E-state index contributed by atoms with van der Waals surface area (Å²) in [6.07, 6.45) is 6.49. The fourth-order valence-corrected chi connectivity index (χ4v) is 2.29. The van der Waals surface area contributed by atoms with Gasteiger partial charge in [0.05, 0.1) is 23.5 Å². The highest BCUT2D eigenvalue weighted by molar-refractivity contribution is 9.10. The van der Waals surface area contributed by atoms with Crippen molar-refractivity contribution >= 4 is 33.0 Å². The van der Waals surface area contributed by atoms with E-state index in [0.717, 1.165) is 15.7 Å². The molecular formula is C14H11BrN4O.